The summed E-state index contributed by atoms with van der Waals surface area (Å²) < 4.78 is 16.1. The number of hydrogen-bond donors (Lipinski definition) is 0. The largest absolute Gasteiger partial charge is 0.490 e. The van der Waals surface area contributed by atoms with Gasteiger partial charge in [0.05, 0.1) is 18.9 Å². The summed E-state index contributed by atoms with van der Waals surface area (Å²) in [6.07, 6.45) is 8.20. The van der Waals surface area contributed by atoms with Crippen molar-refractivity contribution in [1.29, 1.82) is 0 Å². The number of carbonyl (C=O) groups is 1. The van der Waals surface area contributed by atoms with Crippen LogP contribution in [0.15, 0.2) is 36.5 Å². The molecular formula is C25H36N2O4. The molecule has 1 saturated heterocycles. The number of esters is 1. The monoisotopic (exact) mass is 428 g/mol. The fourth-order valence-electron chi connectivity index (χ4n) is 3.09. The van der Waals surface area contributed by atoms with Crippen LogP contribution in [0, 0.1) is 5.92 Å². The van der Waals surface area contributed by atoms with Crippen LogP contribution in [0.3, 0.4) is 0 Å². The second kappa shape index (κ2) is 13.8. The third kappa shape index (κ3) is 9.05. The van der Waals surface area contributed by atoms with Crippen molar-refractivity contribution in [2.45, 2.75) is 72.3 Å². The molecule has 3 rings (SSSR count). The minimum atomic E-state index is -0.307. The summed E-state index contributed by atoms with van der Waals surface area (Å²) in [6.45, 7) is 9.76. The minimum Gasteiger partial charge on any atom is -0.490 e. The van der Waals surface area contributed by atoms with Crippen LogP contribution in [0.25, 0.3) is 11.3 Å². The first kappa shape index (κ1) is 24.8. The zero-order valence-electron chi connectivity index (χ0n) is 19.3. The Hall–Kier alpha value is -2.47. The summed E-state index contributed by atoms with van der Waals surface area (Å²) >= 11 is 0. The molecule has 0 bridgehead atoms. The SMILES string of the molecule is CC1CCCCO1.CCOc1cnc(OC(=O)CCC(C)CC)nc1-c1ccccc1. The average molecular weight is 429 g/mol. The lowest BCUT2D eigenvalue weighted by Crippen LogP contribution is -2.14. The number of ether oxygens (including phenoxy) is 3. The number of rotatable bonds is 8. The lowest BCUT2D eigenvalue weighted by molar-refractivity contribution is -0.135. The van der Waals surface area contributed by atoms with Crippen LogP contribution in [0.1, 0.15) is 66.2 Å². The van der Waals surface area contributed by atoms with Crippen LogP contribution in [0.2, 0.25) is 0 Å². The van der Waals surface area contributed by atoms with Crippen molar-refractivity contribution in [2.24, 2.45) is 5.92 Å². The molecular weight excluding hydrogens is 392 g/mol. The van der Waals surface area contributed by atoms with E-state index in [1.165, 1.54) is 19.3 Å². The van der Waals surface area contributed by atoms with E-state index in [1.807, 2.05) is 37.3 Å². The van der Waals surface area contributed by atoms with Gasteiger partial charge in [0.2, 0.25) is 0 Å². The predicted octanol–water partition coefficient (Wildman–Crippen LogP) is 5.85. The van der Waals surface area contributed by atoms with E-state index in [0.717, 1.165) is 25.0 Å². The van der Waals surface area contributed by atoms with Crippen LogP contribution in [0.5, 0.6) is 11.8 Å². The Balaban J connectivity index is 0.000000412. The fourth-order valence-corrected chi connectivity index (χ4v) is 3.09. The molecule has 0 radical (unpaired) electrons. The van der Waals surface area contributed by atoms with Crippen LogP contribution in [-0.4, -0.2) is 35.3 Å². The Morgan fingerprint density at radius 1 is 1.23 bits per heavy atom. The highest BCUT2D eigenvalue weighted by Crippen LogP contribution is 2.28. The molecule has 1 aliphatic rings. The Kier molecular flexibility index (Phi) is 11.0. The molecule has 6 heteroatoms. The second-order valence-electron chi connectivity index (χ2n) is 7.87. The predicted molar refractivity (Wildman–Crippen MR) is 122 cm³/mol. The average Bonchev–Trinajstić information content (AvgIpc) is 2.80. The minimum absolute atomic E-state index is 0.0615. The normalized spacial score (nSPS) is 16.6. The fraction of sp³-hybridized carbons (Fsp3) is 0.560. The molecule has 0 N–H and O–H groups in total. The molecule has 31 heavy (non-hydrogen) atoms. The summed E-state index contributed by atoms with van der Waals surface area (Å²) in [4.78, 5) is 20.4. The highest BCUT2D eigenvalue weighted by Gasteiger charge is 2.14. The molecule has 2 heterocycles. The topological polar surface area (TPSA) is 70.5 Å². The van der Waals surface area contributed by atoms with Gasteiger partial charge in [0.15, 0.2) is 5.75 Å². The summed E-state index contributed by atoms with van der Waals surface area (Å²) in [5, 5.41) is 0. The third-order valence-corrected chi connectivity index (χ3v) is 5.23. The summed E-state index contributed by atoms with van der Waals surface area (Å²) in [5.41, 5.74) is 1.51. The number of aromatic nitrogens is 2. The van der Waals surface area contributed by atoms with E-state index in [0.29, 0.717) is 36.5 Å². The maximum Gasteiger partial charge on any atom is 0.325 e. The maximum absolute atomic E-state index is 12.0. The van der Waals surface area contributed by atoms with Crippen molar-refractivity contribution in [3.05, 3.63) is 36.5 Å². The lowest BCUT2D eigenvalue weighted by atomic mass is 10.0. The van der Waals surface area contributed by atoms with Crippen LogP contribution < -0.4 is 9.47 Å². The smallest absolute Gasteiger partial charge is 0.325 e. The molecule has 0 spiro atoms. The van der Waals surface area contributed by atoms with Crippen LogP contribution in [0.4, 0.5) is 0 Å². The zero-order chi connectivity index (χ0) is 22.5. The van der Waals surface area contributed by atoms with Gasteiger partial charge in [0.25, 0.3) is 0 Å². The molecule has 2 atom stereocenters. The highest BCUT2D eigenvalue weighted by molar-refractivity contribution is 5.72. The summed E-state index contributed by atoms with van der Waals surface area (Å²) in [5.74, 6) is 0.764. The van der Waals surface area contributed by atoms with Crippen molar-refractivity contribution in [1.82, 2.24) is 9.97 Å². The number of carbonyl (C=O) groups excluding carboxylic acids is 1. The van der Waals surface area contributed by atoms with E-state index in [-0.39, 0.29) is 12.0 Å². The van der Waals surface area contributed by atoms with Crippen molar-refractivity contribution in [3.8, 4) is 23.0 Å². The van der Waals surface area contributed by atoms with E-state index < -0.39 is 0 Å². The van der Waals surface area contributed by atoms with Gasteiger partial charge in [-0.05, 0) is 45.4 Å². The zero-order valence-corrected chi connectivity index (χ0v) is 19.3. The van der Waals surface area contributed by atoms with E-state index in [2.05, 4.69) is 30.7 Å². The summed E-state index contributed by atoms with van der Waals surface area (Å²) in [7, 11) is 0. The van der Waals surface area contributed by atoms with Gasteiger partial charge < -0.3 is 14.2 Å². The van der Waals surface area contributed by atoms with Crippen molar-refractivity contribution in [2.75, 3.05) is 13.2 Å². The van der Waals surface area contributed by atoms with Gasteiger partial charge in [-0.2, -0.15) is 9.97 Å². The first-order chi connectivity index (χ1) is 15.0. The highest BCUT2D eigenvalue weighted by atomic mass is 16.5. The first-order valence-corrected chi connectivity index (χ1v) is 11.4. The molecule has 1 aliphatic heterocycles. The number of nitrogens with zero attached hydrogens (tertiary/aromatic N) is 2. The van der Waals surface area contributed by atoms with Crippen molar-refractivity contribution in [3.63, 3.8) is 0 Å². The van der Waals surface area contributed by atoms with E-state index >= 15 is 0 Å². The molecule has 6 nitrogen and oxygen atoms in total. The van der Waals surface area contributed by atoms with E-state index in [4.69, 9.17) is 14.2 Å². The molecule has 1 aromatic carbocycles. The number of benzene rings is 1. The van der Waals surface area contributed by atoms with Gasteiger partial charge in [-0.15, -0.1) is 0 Å². The van der Waals surface area contributed by atoms with E-state index in [9.17, 15) is 4.79 Å². The molecule has 1 aromatic heterocycles. The molecule has 0 amide bonds. The van der Waals surface area contributed by atoms with Crippen molar-refractivity contribution >= 4 is 5.97 Å². The van der Waals surface area contributed by atoms with Crippen molar-refractivity contribution < 1.29 is 19.0 Å². The standard InChI is InChI=1S/C19H24N2O3.C6H12O/c1-4-14(3)11-12-17(22)24-19-20-13-16(23-5-2)18(21-19)15-9-7-6-8-10-15;1-6-4-2-3-5-7-6/h6-10,13-14H,4-5,11-12H2,1-3H3;6H,2-5H2,1H3. The first-order valence-electron chi connectivity index (χ1n) is 11.4. The van der Waals surface area contributed by atoms with Gasteiger partial charge in [0, 0.05) is 18.6 Å². The molecule has 1 fully saturated rings. The number of hydrogen-bond acceptors (Lipinski definition) is 6. The van der Waals surface area contributed by atoms with Gasteiger partial charge in [-0.3, -0.25) is 4.79 Å². The second-order valence-corrected chi connectivity index (χ2v) is 7.87. The quantitative estimate of drug-likeness (QED) is 0.491. The Bertz CT molecular complexity index is 776. The van der Waals surface area contributed by atoms with Gasteiger partial charge >= 0.3 is 12.0 Å². The summed E-state index contributed by atoms with van der Waals surface area (Å²) in [6, 6.07) is 9.70. The maximum atomic E-state index is 12.0. The lowest BCUT2D eigenvalue weighted by Gasteiger charge is -2.17. The Morgan fingerprint density at radius 3 is 2.58 bits per heavy atom. The van der Waals surface area contributed by atoms with E-state index in [1.54, 1.807) is 6.20 Å². The molecule has 0 aliphatic carbocycles. The molecule has 2 aromatic rings. The van der Waals surface area contributed by atoms with Gasteiger partial charge in [-0.1, -0.05) is 50.6 Å². The van der Waals surface area contributed by atoms with Gasteiger partial charge in [-0.25, -0.2) is 0 Å². The molecule has 170 valence electrons. The molecule has 2 unspecified atom stereocenters. The Labute approximate surface area is 186 Å². The van der Waals surface area contributed by atoms with Crippen LogP contribution >= 0.6 is 0 Å². The Morgan fingerprint density at radius 2 is 2.00 bits per heavy atom. The van der Waals surface area contributed by atoms with Gasteiger partial charge in [0.1, 0.15) is 5.69 Å². The third-order valence-electron chi connectivity index (χ3n) is 5.23. The van der Waals surface area contributed by atoms with Crippen LogP contribution in [-0.2, 0) is 9.53 Å². The molecule has 0 saturated carbocycles.